The van der Waals surface area contributed by atoms with Crippen molar-refractivity contribution in [3.8, 4) is 0 Å². The van der Waals surface area contributed by atoms with E-state index in [1.807, 2.05) is 85.1 Å². The van der Waals surface area contributed by atoms with Crippen LogP contribution in [-0.2, 0) is 13.0 Å². The van der Waals surface area contributed by atoms with Gasteiger partial charge in [-0.1, -0.05) is 91.0 Å². The molecule has 0 radical (unpaired) electrons. The molecule has 0 fully saturated rings. The fraction of sp³-hybridized carbons (Fsp3) is 0.103. The summed E-state index contributed by atoms with van der Waals surface area (Å²) in [4.78, 5) is 37.5. The number of nitrogens with zero attached hydrogens (tertiary/aromatic N) is 3. The van der Waals surface area contributed by atoms with Crippen LogP contribution in [-0.4, -0.2) is 26.7 Å². The normalized spacial score (nSPS) is 10.9. The van der Waals surface area contributed by atoms with Crippen molar-refractivity contribution in [1.29, 1.82) is 0 Å². The van der Waals surface area contributed by atoms with E-state index in [-0.39, 0.29) is 22.4 Å². The van der Waals surface area contributed by atoms with Gasteiger partial charge in [0.05, 0.1) is 23.2 Å². The Labute approximate surface area is 213 Å². The Bertz CT molecular complexity index is 1570. The molecule has 2 aromatic heterocycles. The molecule has 0 spiro atoms. The molecular weight excluding hydrogens is 468 g/mol. The van der Waals surface area contributed by atoms with Crippen molar-refractivity contribution in [3.05, 3.63) is 136 Å². The molecule has 178 valence electrons. The van der Waals surface area contributed by atoms with E-state index in [1.54, 1.807) is 12.1 Å². The first-order valence-corrected chi connectivity index (χ1v) is 12.8. The summed E-state index contributed by atoms with van der Waals surface area (Å²) in [6.07, 6.45) is 3.86. The maximum absolute atomic E-state index is 13.9. The Hall–Kier alpha value is -4.23. The molecule has 0 unspecified atom stereocenters. The topological polar surface area (TPSA) is 76.9 Å². The molecule has 0 aliphatic carbocycles. The summed E-state index contributed by atoms with van der Waals surface area (Å²) < 4.78 is 1.33. The average Bonchev–Trinajstić information content (AvgIpc) is 2.93. The van der Waals surface area contributed by atoms with Crippen LogP contribution in [0.3, 0.4) is 0 Å². The molecule has 0 aliphatic heterocycles. The highest BCUT2D eigenvalue weighted by atomic mass is 32.2. The number of pyridine rings is 1. The van der Waals surface area contributed by atoms with Crippen LogP contribution in [0.15, 0.2) is 107 Å². The van der Waals surface area contributed by atoms with E-state index in [4.69, 9.17) is 4.98 Å². The minimum absolute atomic E-state index is 0.216. The first kappa shape index (κ1) is 23.5. The third-order valence-electron chi connectivity index (χ3n) is 5.91. The fourth-order valence-electron chi connectivity index (χ4n) is 4.15. The van der Waals surface area contributed by atoms with Crippen molar-refractivity contribution in [1.82, 2.24) is 14.6 Å². The smallest absolute Gasteiger partial charge is 0.282 e. The van der Waals surface area contributed by atoms with E-state index in [2.05, 4.69) is 10.4 Å². The molecule has 0 amide bonds. The molecule has 0 aliphatic rings. The van der Waals surface area contributed by atoms with Gasteiger partial charge in [0.2, 0.25) is 0 Å². The largest absolute Gasteiger partial charge is 0.317 e. The molecule has 5 rings (SSSR count). The van der Waals surface area contributed by atoms with Crippen LogP contribution < -0.4 is 11.0 Å². The van der Waals surface area contributed by atoms with E-state index in [9.17, 15) is 9.59 Å². The lowest BCUT2D eigenvalue weighted by Crippen LogP contribution is -2.30. The predicted molar refractivity (Wildman–Crippen MR) is 144 cm³/mol. The summed E-state index contributed by atoms with van der Waals surface area (Å²) in [5, 5.41) is 0.216. The van der Waals surface area contributed by atoms with Gasteiger partial charge in [0.1, 0.15) is 6.33 Å². The van der Waals surface area contributed by atoms with Crippen LogP contribution in [0.5, 0.6) is 0 Å². The van der Waals surface area contributed by atoms with Gasteiger partial charge in [-0.05, 0) is 17.4 Å². The number of hydrogen-bond acceptors (Lipinski definition) is 6. The lowest BCUT2D eigenvalue weighted by molar-refractivity contribution is 0.103. The second-order valence-corrected chi connectivity index (χ2v) is 9.08. The average molecular weight is 493 g/mol. The van der Waals surface area contributed by atoms with Crippen molar-refractivity contribution in [2.75, 3.05) is 11.7 Å². The van der Waals surface area contributed by atoms with Gasteiger partial charge in [0, 0.05) is 16.9 Å². The standard InChI is InChI=1S/C29H24N4O2S/c1-36-27-23(17-20-11-5-2-6-12-20)32-28-25(24(27)26(34)22-15-9-4-10-16-22)29(35)33(19-30-28)31-18-21-13-7-3-8-14-21/h2-16,19,31H,17-18H2,1H3. The maximum atomic E-state index is 13.9. The van der Waals surface area contributed by atoms with E-state index in [1.165, 1.54) is 22.8 Å². The van der Waals surface area contributed by atoms with E-state index >= 15 is 0 Å². The molecular formula is C29H24N4O2S. The number of fused-ring (bicyclic) bond motifs is 1. The maximum Gasteiger partial charge on any atom is 0.282 e. The van der Waals surface area contributed by atoms with E-state index in [0.29, 0.717) is 29.0 Å². The highest BCUT2D eigenvalue weighted by molar-refractivity contribution is 7.98. The number of benzene rings is 3. The molecule has 0 saturated heterocycles. The number of carbonyl (C=O) groups is 1. The number of hydrogen-bond donors (Lipinski definition) is 1. The SMILES string of the molecule is CSc1c(Cc2ccccc2)nc2ncn(NCc3ccccc3)c(=O)c2c1C(=O)c1ccccc1. The van der Waals surface area contributed by atoms with Gasteiger partial charge in [-0.2, -0.15) is 0 Å². The molecule has 1 N–H and O–H groups in total. The zero-order valence-corrected chi connectivity index (χ0v) is 20.5. The fourth-order valence-corrected chi connectivity index (χ4v) is 4.90. The van der Waals surface area contributed by atoms with Crippen molar-refractivity contribution in [2.45, 2.75) is 17.9 Å². The third kappa shape index (κ3) is 4.78. The first-order valence-electron chi connectivity index (χ1n) is 11.6. The molecule has 3 aromatic carbocycles. The van der Waals surface area contributed by atoms with Gasteiger partial charge in [0.15, 0.2) is 11.4 Å². The second kappa shape index (κ2) is 10.6. The minimum atomic E-state index is -0.357. The van der Waals surface area contributed by atoms with Gasteiger partial charge in [-0.25, -0.2) is 14.6 Å². The number of carbonyl (C=O) groups excluding carboxylic acids is 1. The number of aromatic nitrogens is 3. The van der Waals surface area contributed by atoms with Crippen molar-refractivity contribution >= 4 is 28.6 Å². The summed E-state index contributed by atoms with van der Waals surface area (Å²) in [6, 6.07) is 28.7. The zero-order valence-electron chi connectivity index (χ0n) is 19.7. The molecule has 6 nitrogen and oxygen atoms in total. The van der Waals surface area contributed by atoms with Gasteiger partial charge in [0.25, 0.3) is 5.56 Å². The molecule has 36 heavy (non-hydrogen) atoms. The molecule has 0 atom stereocenters. The molecule has 0 bridgehead atoms. The quantitative estimate of drug-likeness (QED) is 0.241. The molecule has 2 heterocycles. The van der Waals surface area contributed by atoms with Gasteiger partial charge >= 0.3 is 0 Å². The summed E-state index contributed by atoms with van der Waals surface area (Å²) in [5.41, 5.74) is 6.69. The van der Waals surface area contributed by atoms with Gasteiger partial charge < -0.3 is 5.43 Å². The van der Waals surface area contributed by atoms with Crippen molar-refractivity contribution in [2.24, 2.45) is 0 Å². The number of ketones is 1. The number of rotatable bonds is 8. The third-order valence-corrected chi connectivity index (χ3v) is 6.76. The number of nitrogens with one attached hydrogen (secondary N) is 1. The van der Waals surface area contributed by atoms with Crippen molar-refractivity contribution < 1.29 is 4.79 Å². The lowest BCUT2D eigenvalue weighted by Gasteiger charge is -2.16. The van der Waals surface area contributed by atoms with Crippen LogP contribution >= 0.6 is 11.8 Å². The van der Waals surface area contributed by atoms with Crippen LogP contribution in [0.25, 0.3) is 11.0 Å². The minimum Gasteiger partial charge on any atom is -0.317 e. The molecule has 7 heteroatoms. The Morgan fingerprint density at radius 1 is 0.889 bits per heavy atom. The highest BCUT2D eigenvalue weighted by Gasteiger charge is 2.25. The Morgan fingerprint density at radius 2 is 1.50 bits per heavy atom. The van der Waals surface area contributed by atoms with Crippen molar-refractivity contribution in [3.63, 3.8) is 0 Å². The zero-order chi connectivity index (χ0) is 24.9. The van der Waals surface area contributed by atoms with Crippen LogP contribution in [0.4, 0.5) is 0 Å². The van der Waals surface area contributed by atoms with E-state index < -0.39 is 0 Å². The first-order chi connectivity index (χ1) is 17.7. The summed E-state index contributed by atoms with van der Waals surface area (Å²) in [6.45, 7) is 0.435. The van der Waals surface area contributed by atoms with Crippen LogP contribution in [0.2, 0.25) is 0 Å². The second-order valence-electron chi connectivity index (χ2n) is 8.26. The number of thioether (sulfide) groups is 1. The Kier molecular flexibility index (Phi) is 6.91. The van der Waals surface area contributed by atoms with Crippen LogP contribution in [0.1, 0.15) is 32.7 Å². The summed E-state index contributed by atoms with van der Waals surface area (Å²) in [5.74, 6) is -0.221. The monoisotopic (exact) mass is 492 g/mol. The Morgan fingerprint density at radius 3 is 2.14 bits per heavy atom. The summed E-state index contributed by atoms with van der Waals surface area (Å²) in [7, 11) is 0. The highest BCUT2D eigenvalue weighted by Crippen LogP contribution is 2.31. The van der Waals surface area contributed by atoms with Gasteiger partial charge in [-0.15, -0.1) is 11.8 Å². The predicted octanol–water partition coefficient (Wildman–Crippen LogP) is 5.08. The van der Waals surface area contributed by atoms with Gasteiger partial charge in [-0.3, -0.25) is 9.59 Å². The summed E-state index contributed by atoms with van der Waals surface area (Å²) >= 11 is 1.42. The molecule has 5 aromatic rings. The van der Waals surface area contributed by atoms with Crippen LogP contribution in [0, 0.1) is 0 Å². The lowest BCUT2D eigenvalue weighted by atomic mass is 9.98. The Balaban J connectivity index is 1.68. The molecule has 0 saturated carbocycles. The van der Waals surface area contributed by atoms with E-state index in [0.717, 1.165) is 16.8 Å².